The third-order valence-corrected chi connectivity index (χ3v) is 4.55. The Hall–Kier alpha value is -4.67. The molecule has 4 rings (SSSR count). The van der Waals surface area contributed by atoms with Gasteiger partial charge >= 0.3 is 6.36 Å². The van der Waals surface area contributed by atoms with Crippen molar-refractivity contribution in [1.29, 1.82) is 0 Å². The maximum absolute atomic E-state index is 12.6. The number of ether oxygens (including phenoxy) is 1. The van der Waals surface area contributed by atoms with Crippen molar-refractivity contribution in [2.75, 3.05) is 16.4 Å². The highest BCUT2D eigenvalue weighted by molar-refractivity contribution is 6.06. The molecule has 0 fully saturated rings. The Bertz CT molecular complexity index is 1300. The van der Waals surface area contributed by atoms with Gasteiger partial charge in [-0.3, -0.25) is 4.79 Å². The molecular weight excluding hydrogens is 449 g/mol. The quantitative estimate of drug-likeness (QED) is 0.366. The third-order valence-electron chi connectivity index (χ3n) is 4.55. The molecule has 0 saturated heterocycles. The number of carbonyl (C=O) groups is 1. The molecule has 0 spiro atoms. The number of benzene rings is 2. The van der Waals surface area contributed by atoms with Crippen LogP contribution in [0.4, 0.5) is 35.9 Å². The van der Waals surface area contributed by atoms with Crippen LogP contribution in [-0.4, -0.2) is 27.5 Å². The molecule has 0 radical (unpaired) electrons. The highest BCUT2D eigenvalue weighted by Gasteiger charge is 2.32. The maximum atomic E-state index is 12.6. The van der Waals surface area contributed by atoms with Gasteiger partial charge in [0.25, 0.3) is 5.91 Å². The number of rotatable bonds is 6. The second kappa shape index (κ2) is 9.45. The van der Waals surface area contributed by atoms with Gasteiger partial charge in [-0.2, -0.15) is 10.2 Å². The molecular formula is C23H17F3N6O2. The summed E-state index contributed by atoms with van der Waals surface area (Å²) in [4.78, 5) is 16.2. The lowest BCUT2D eigenvalue weighted by atomic mass is 10.1. The number of nitrogen functional groups attached to an aromatic ring is 1. The molecule has 8 nitrogen and oxygen atoms in total. The van der Waals surface area contributed by atoms with Crippen molar-refractivity contribution in [3.05, 3.63) is 84.7 Å². The number of nitrogens with zero attached hydrogens (tertiary/aromatic N) is 3. The number of nitrogens with one attached hydrogen (secondary N) is 2. The van der Waals surface area contributed by atoms with E-state index in [9.17, 15) is 18.0 Å². The van der Waals surface area contributed by atoms with Crippen molar-refractivity contribution in [3.63, 3.8) is 0 Å². The number of carbonyl (C=O) groups excluding carboxylic acids is 1. The zero-order valence-electron chi connectivity index (χ0n) is 17.4. The van der Waals surface area contributed by atoms with Crippen LogP contribution in [0, 0.1) is 0 Å². The Morgan fingerprint density at radius 2 is 1.76 bits per heavy atom. The molecule has 2 heterocycles. The van der Waals surface area contributed by atoms with Crippen molar-refractivity contribution < 1.29 is 22.7 Å². The minimum Gasteiger partial charge on any atom is -0.397 e. The number of halogens is 3. The van der Waals surface area contributed by atoms with Crippen molar-refractivity contribution in [1.82, 2.24) is 15.2 Å². The van der Waals surface area contributed by atoms with Gasteiger partial charge in [0.15, 0.2) is 0 Å². The van der Waals surface area contributed by atoms with Crippen LogP contribution >= 0.6 is 0 Å². The van der Waals surface area contributed by atoms with Crippen molar-refractivity contribution >= 4 is 28.7 Å². The fraction of sp³-hybridized carbons (Fsp3) is 0.0435. The lowest BCUT2D eigenvalue weighted by Gasteiger charge is -2.12. The highest BCUT2D eigenvalue weighted by Crippen LogP contribution is 2.27. The van der Waals surface area contributed by atoms with E-state index >= 15 is 0 Å². The standard InChI is InChI=1S/C23H17F3N6O2/c24-23(25,26)34-21-12-18(27)20(13-28-21)31-22(33)15-3-1-4-17(11-15)30-16-8-6-14(7-9-16)19-5-2-10-29-32-19/h1-13,30H,(H2,27,28)(H,31,33). The summed E-state index contributed by atoms with van der Waals surface area (Å²) in [6, 6.07) is 18.7. The summed E-state index contributed by atoms with van der Waals surface area (Å²) in [6.45, 7) is 0. The summed E-state index contributed by atoms with van der Waals surface area (Å²) in [5.41, 5.74) is 9.06. The molecule has 0 atom stereocenters. The number of anilines is 4. The Labute approximate surface area is 191 Å². The van der Waals surface area contributed by atoms with Crippen LogP contribution in [0.1, 0.15) is 10.4 Å². The molecule has 1 amide bonds. The molecule has 2 aromatic heterocycles. The normalized spacial score (nSPS) is 11.0. The number of hydrogen-bond donors (Lipinski definition) is 3. The lowest BCUT2D eigenvalue weighted by Crippen LogP contribution is -2.18. The summed E-state index contributed by atoms with van der Waals surface area (Å²) >= 11 is 0. The van der Waals surface area contributed by atoms with Gasteiger partial charge < -0.3 is 21.1 Å². The molecule has 2 aromatic carbocycles. The zero-order valence-corrected chi connectivity index (χ0v) is 17.4. The van der Waals surface area contributed by atoms with E-state index in [1.807, 2.05) is 30.3 Å². The van der Waals surface area contributed by atoms with Crippen LogP contribution in [0.2, 0.25) is 0 Å². The molecule has 172 valence electrons. The topological polar surface area (TPSA) is 115 Å². The van der Waals surface area contributed by atoms with Gasteiger partial charge in [0.05, 0.1) is 23.3 Å². The predicted molar refractivity (Wildman–Crippen MR) is 120 cm³/mol. The molecule has 0 saturated carbocycles. The summed E-state index contributed by atoms with van der Waals surface area (Å²) in [5, 5.41) is 13.7. The summed E-state index contributed by atoms with van der Waals surface area (Å²) in [6.07, 6.45) is -2.30. The van der Waals surface area contributed by atoms with Gasteiger partial charge in [0.1, 0.15) is 0 Å². The van der Waals surface area contributed by atoms with Crippen molar-refractivity contribution in [2.45, 2.75) is 6.36 Å². The van der Waals surface area contributed by atoms with Crippen LogP contribution in [0.15, 0.2) is 79.1 Å². The largest absolute Gasteiger partial charge is 0.574 e. The second-order valence-corrected chi connectivity index (χ2v) is 7.00. The first kappa shape index (κ1) is 22.5. The van der Waals surface area contributed by atoms with Crippen LogP contribution in [0.25, 0.3) is 11.3 Å². The minimum atomic E-state index is -4.90. The van der Waals surface area contributed by atoms with Gasteiger partial charge in [-0.05, 0) is 42.5 Å². The number of pyridine rings is 1. The van der Waals surface area contributed by atoms with Gasteiger partial charge in [-0.25, -0.2) is 4.98 Å². The number of nitrogens with two attached hydrogens (primary N) is 1. The van der Waals surface area contributed by atoms with Crippen molar-refractivity contribution in [3.8, 4) is 17.1 Å². The number of alkyl halides is 3. The molecule has 34 heavy (non-hydrogen) atoms. The van der Waals surface area contributed by atoms with Crippen LogP contribution in [0.5, 0.6) is 5.88 Å². The van der Waals surface area contributed by atoms with E-state index in [2.05, 4.69) is 30.6 Å². The van der Waals surface area contributed by atoms with E-state index in [1.54, 1.807) is 36.5 Å². The van der Waals surface area contributed by atoms with Gasteiger partial charge in [-0.15, -0.1) is 13.2 Å². The van der Waals surface area contributed by atoms with E-state index in [4.69, 9.17) is 5.73 Å². The summed E-state index contributed by atoms with van der Waals surface area (Å²) in [5.74, 6) is -1.24. The first-order valence-corrected chi connectivity index (χ1v) is 9.85. The van der Waals surface area contributed by atoms with Gasteiger partial charge in [0, 0.05) is 34.8 Å². The summed E-state index contributed by atoms with van der Waals surface area (Å²) < 4.78 is 40.7. The minimum absolute atomic E-state index is 0.0532. The molecule has 4 N–H and O–H groups in total. The maximum Gasteiger partial charge on any atom is 0.574 e. The van der Waals surface area contributed by atoms with Crippen LogP contribution < -0.4 is 21.1 Å². The average molecular weight is 466 g/mol. The fourth-order valence-electron chi connectivity index (χ4n) is 3.01. The van der Waals surface area contributed by atoms with Gasteiger partial charge in [-0.1, -0.05) is 18.2 Å². The monoisotopic (exact) mass is 466 g/mol. The lowest BCUT2D eigenvalue weighted by molar-refractivity contribution is -0.276. The van der Waals surface area contributed by atoms with Crippen LogP contribution in [-0.2, 0) is 0 Å². The first-order valence-electron chi connectivity index (χ1n) is 9.85. The number of hydrogen-bond acceptors (Lipinski definition) is 7. The van der Waals surface area contributed by atoms with E-state index in [0.29, 0.717) is 11.3 Å². The van der Waals surface area contributed by atoms with Crippen molar-refractivity contribution in [2.24, 2.45) is 0 Å². The number of amides is 1. The molecule has 0 bridgehead atoms. The zero-order chi connectivity index (χ0) is 24.1. The van der Waals surface area contributed by atoms with Crippen LogP contribution in [0.3, 0.4) is 0 Å². The number of aromatic nitrogens is 3. The highest BCUT2D eigenvalue weighted by atomic mass is 19.4. The molecule has 4 aromatic rings. The predicted octanol–water partition coefficient (Wildman–Crippen LogP) is 5.02. The Morgan fingerprint density at radius 3 is 2.44 bits per heavy atom. The average Bonchev–Trinajstić information content (AvgIpc) is 2.81. The van der Waals surface area contributed by atoms with Gasteiger partial charge in [0.2, 0.25) is 5.88 Å². The molecule has 11 heteroatoms. The fourth-order valence-corrected chi connectivity index (χ4v) is 3.01. The Kier molecular flexibility index (Phi) is 6.26. The SMILES string of the molecule is Nc1cc(OC(F)(F)F)ncc1NC(=O)c1cccc(Nc2ccc(-c3cccnn3)cc2)c1. The van der Waals surface area contributed by atoms with E-state index in [1.165, 1.54) is 0 Å². The molecule has 0 aliphatic heterocycles. The third kappa shape index (κ3) is 5.76. The molecule has 0 unspecified atom stereocenters. The molecule has 0 aliphatic rings. The first-order chi connectivity index (χ1) is 16.3. The smallest absolute Gasteiger partial charge is 0.397 e. The van der Waals surface area contributed by atoms with E-state index in [0.717, 1.165) is 29.2 Å². The molecule has 0 aliphatic carbocycles. The summed E-state index contributed by atoms with van der Waals surface area (Å²) in [7, 11) is 0. The second-order valence-electron chi connectivity index (χ2n) is 7.00. The van der Waals surface area contributed by atoms with E-state index in [-0.39, 0.29) is 11.4 Å². The Morgan fingerprint density at radius 1 is 0.971 bits per heavy atom. The van der Waals surface area contributed by atoms with E-state index < -0.39 is 18.1 Å². The Balaban J connectivity index is 1.43.